The Morgan fingerprint density at radius 2 is 1.70 bits per heavy atom. The number of nitrogens with zero attached hydrogens (tertiary/aromatic N) is 1. The molecule has 4 nitrogen and oxygen atoms in total. The van der Waals surface area contributed by atoms with Gasteiger partial charge < -0.3 is 10.2 Å². The number of amides is 2. The first kappa shape index (κ1) is 19.0. The van der Waals surface area contributed by atoms with Gasteiger partial charge >= 0.3 is 0 Å². The van der Waals surface area contributed by atoms with E-state index in [-0.39, 0.29) is 17.5 Å². The number of carbonyl (C=O) groups excluding carboxylic acids is 2. The van der Waals surface area contributed by atoms with Crippen molar-refractivity contribution in [3.05, 3.63) is 70.3 Å². The molecule has 2 aromatic carbocycles. The Kier molecular flexibility index (Phi) is 5.54. The average Bonchev–Trinajstić information content (AvgIpc) is 2.64. The highest BCUT2D eigenvalue weighted by Gasteiger charge is 2.26. The van der Waals surface area contributed by atoms with Gasteiger partial charge in [-0.3, -0.25) is 9.59 Å². The number of piperidine rings is 1. The lowest BCUT2D eigenvalue weighted by molar-refractivity contribution is 0.0693. The van der Waals surface area contributed by atoms with Crippen molar-refractivity contribution >= 4 is 11.8 Å². The van der Waals surface area contributed by atoms with E-state index in [1.165, 1.54) is 11.0 Å². The summed E-state index contributed by atoms with van der Waals surface area (Å²) in [7, 11) is 0. The minimum absolute atomic E-state index is 0.0405. The third kappa shape index (κ3) is 4.32. The number of hydrogen-bond acceptors (Lipinski definition) is 2. The van der Waals surface area contributed by atoms with Crippen LogP contribution in [0.5, 0.6) is 0 Å². The van der Waals surface area contributed by atoms with E-state index in [4.69, 9.17) is 0 Å². The first-order valence-corrected chi connectivity index (χ1v) is 8.97. The SMILES string of the molecule is Cc1ccc(C(=O)NC2CCN(C(=O)c3ccc(F)cc3F)CC2)cc1C. The highest BCUT2D eigenvalue weighted by molar-refractivity contribution is 5.95. The molecule has 0 bridgehead atoms. The Morgan fingerprint density at radius 1 is 1.00 bits per heavy atom. The third-order valence-electron chi connectivity index (χ3n) is 5.05. The number of nitrogens with one attached hydrogen (secondary N) is 1. The highest BCUT2D eigenvalue weighted by atomic mass is 19.1. The van der Waals surface area contributed by atoms with Gasteiger partial charge in [-0.1, -0.05) is 6.07 Å². The van der Waals surface area contributed by atoms with Crippen molar-refractivity contribution in [3.8, 4) is 0 Å². The summed E-state index contributed by atoms with van der Waals surface area (Å²) < 4.78 is 26.8. The number of benzene rings is 2. The molecule has 2 amide bonds. The fourth-order valence-corrected chi connectivity index (χ4v) is 3.21. The lowest BCUT2D eigenvalue weighted by Crippen LogP contribution is -2.46. The number of likely N-dealkylation sites (tertiary alicyclic amines) is 1. The lowest BCUT2D eigenvalue weighted by atomic mass is 10.0. The maximum absolute atomic E-state index is 13.8. The molecule has 27 heavy (non-hydrogen) atoms. The van der Waals surface area contributed by atoms with Gasteiger partial charge in [0.25, 0.3) is 11.8 Å². The molecule has 0 spiro atoms. The molecule has 0 aliphatic carbocycles. The van der Waals surface area contributed by atoms with Crippen molar-refractivity contribution < 1.29 is 18.4 Å². The number of halogens is 2. The number of carbonyl (C=O) groups is 2. The number of hydrogen-bond donors (Lipinski definition) is 1. The average molecular weight is 372 g/mol. The Bertz CT molecular complexity index is 874. The first-order chi connectivity index (χ1) is 12.8. The Labute approximate surface area is 157 Å². The summed E-state index contributed by atoms with van der Waals surface area (Å²) >= 11 is 0. The van der Waals surface area contributed by atoms with Gasteiger partial charge in [-0.25, -0.2) is 8.78 Å². The van der Waals surface area contributed by atoms with Crippen LogP contribution in [0.25, 0.3) is 0 Å². The van der Waals surface area contributed by atoms with Crippen molar-refractivity contribution in [1.82, 2.24) is 10.2 Å². The van der Waals surface area contributed by atoms with Crippen molar-refractivity contribution in [1.29, 1.82) is 0 Å². The predicted octanol–water partition coefficient (Wildman–Crippen LogP) is 3.62. The van der Waals surface area contributed by atoms with Gasteiger partial charge in [0, 0.05) is 30.8 Å². The monoisotopic (exact) mass is 372 g/mol. The fourth-order valence-electron chi connectivity index (χ4n) is 3.21. The maximum Gasteiger partial charge on any atom is 0.256 e. The summed E-state index contributed by atoms with van der Waals surface area (Å²) in [5, 5.41) is 3.00. The molecule has 0 radical (unpaired) electrons. The standard InChI is InChI=1S/C21H22F2N2O2/c1-13-3-4-15(11-14(13)2)20(26)24-17-7-9-25(10-8-17)21(27)18-6-5-16(22)12-19(18)23/h3-6,11-12,17H,7-10H2,1-2H3,(H,24,26). The van der Waals surface area contributed by atoms with E-state index in [2.05, 4.69) is 5.32 Å². The van der Waals surface area contributed by atoms with Crippen LogP contribution in [0.2, 0.25) is 0 Å². The van der Waals surface area contributed by atoms with Crippen molar-refractivity contribution in [3.63, 3.8) is 0 Å². The Balaban J connectivity index is 1.57. The van der Waals surface area contributed by atoms with E-state index in [1.807, 2.05) is 26.0 Å². The molecule has 1 fully saturated rings. The minimum Gasteiger partial charge on any atom is -0.349 e. The van der Waals surface area contributed by atoms with Gasteiger partial charge in [0.1, 0.15) is 11.6 Å². The van der Waals surface area contributed by atoms with E-state index in [9.17, 15) is 18.4 Å². The van der Waals surface area contributed by atoms with Gasteiger partial charge in [0.2, 0.25) is 0 Å². The van der Waals surface area contributed by atoms with Gasteiger partial charge in [-0.05, 0) is 62.1 Å². The molecule has 1 saturated heterocycles. The molecule has 1 N–H and O–H groups in total. The zero-order valence-corrected chi connectivity index (χ0v) is 15.4. The molecule has 0 atom stereocenters. The van der Waals surface area contributed by atoms with Crippen LogP contribution >= 0.6 is 0 Å². The zero-order valence-electron chi connectivity index (χ0n) is 15.4. The molecule has 2 aromatic rings. The second-order valence-electron chi connectivity index (χ2n) is 6.96. The Morgan fingerprint density at radius 3 is 2.33 bits per heavy atom. The van der Waals surface area contributed by atoms with Crippen molar-refractivity contribution in [2.75, 3.05) is 13.1 Å². The zero-order chi connectivity index (χ0) is 19.6. The molecule has 1 heterocycles. The molecule has 1 aliphatic rings. The van der Waals surface area contributed by atoms with Gasteiger partial charge in [-0.15, -0.1) is 0 Å². The third-order valence-corrected chi connectivity index (χ3v) is 5.05. The number of rotatable bonds is 3. The van der Waals surface area contributed by atoms with Gasteiger partial charge in [0.15, 0.2) is 0 Å². The summed E-state index contributed by atoms with van der Waals surface area (Å²) in [5.41, 5.74) is 2.68. The van der Waals surface area contributed by atoms with Crippen LogP contribution in [0, 0.1) is 25.5 Å². The molecule has 0 saturated carbocycles. The molecule has 6 heteroatoms. The van der Waals surface area contributed by atoms with E-state index >= 15 is 0 Å². The molecular formula is C21H22F2N2O2. The molecule has 0 aromatic heterocycles. The summed E-state index contributed by atoms with van der Waals surface area (Å²) in [6.45, 7) is 4.78. The van der Waals surface area contributed by atoms with E-state index in [0.717, 1.165) is 17.2 Å². The Hall–Kier alpha value is -2.76. The van der Waals surface area contributed by atoms with Crippen LogP contribution in [0.1, 0.15) is 44.7 Å². The molecule has 3 rings (SSSR count). The predicted molar refractivity (Wildman–Crippen MR) is 98.7 cm³/mol. The van der Waals surface area contributed by atoms with Crippen LogP contribution in [-0.4, -0.2) is 35.8 Å². The second kappa shape index (κ2) is 7.86. The quantitative estimate of drug-likeness (QED) is 0.895. The summed E-state index contributed by atoms with van der Waals surface area (Å²) in [4.78, 5) is 26.4. The van der Waals surface area contributed by atoms with E-state index in [0.29, 0.717) is 37.6 Å². The largest absolute Gasteiger partial charge is 0.349 e. The maximum atomic E-state index is 13.8. The van der Waals surface area contributed by atoms with Crippen LogP contribution in [0.15, 0.2) is 36.4 Å². The topological polar surface area (TPSA) is 49.4 Å². The molecular weight excluding hydrogens is 350 g/mol. The summed E-state index contributed by atoms with van der Waals surface area (Å²) in [6, 6.07) is 8.50. The first-order valence-electron chi connectivity index (χ1n) is 8.97. The molecule has 142 valence electrons. The molecule has 1 aliphatic heterocycles. The molecule has 0 unspecified atom stereocenters. The van der Waals surface area contributed by atoms with Gasteiger partial charge in [-0.2, -0.15) is 0 Å². The summed E-state index contributed by atoms with van der Waals surface area (Å²) in [6.07, 6.45) is 1.18. The fraction of sp³-hybridized carbons (Fsp3) is 0.333. The van der Waals surface area contributed by atoms with Crippen LogP contribution in [0.3, 0.4) is 0 Å². The summed E-state index contributed by atoms with van der Waals surface area (Å²) in [5.74, 6) is -2.15. The van der Waals surface area contributed by atoms with Crippen molar-refractivity contribution in [2.24, 2.45) is 0 Å². The highest BCUT2D eigenvalue weighted by Crippen LogP contribution is 2.18. The van der Waals surface area contributed by atoms with Crippen molar-refractivity contribution in [2.45, 2.75) is 32.7 Å². The second-order valence-corrected chi connectivity index (χ2v) is 6.96. The smallest absolute Gasteiger partial charge is 0.256 e. The van der Waals surface area contributed by atoms with Gasteiger partial charge in [0.05, 0.1) is 5.56 Å². The van der Waals surface area contributed by atoms with Crippen LogP contribution < -0.4 is 5.32 Å². The van der Waals surface area contributed by atoms with Crippen LogP contribution in [0.4, 0.5) is 8.78 Å². The minimum atomic E-state index is -0.856. The van der Waals surface area contributed by atoms with Crippen LogP contribution in [-0.2, 0) is 0 Å². The van der Waals surface area contributed by atoms with E-state index < -0.39 is 17.5 Å². The normalized spacial score (nSPS) is 14.9. The lowest BCUT2D eigenvalue weighted by Gasteiger charge is -2.32. The van der Waals surface area contributed by atoms with E-state index in [1.54, 1.807) is 6.07 Å². The number of aryl methyl sites for hydroxylation is 2.